The number of carboxylic acids is 1. The minimum Gasteiger partial charge on any atom is -0.481 e. The Morgan fingerprint density at radius 2 is 1.47 bits per heavy atom. The third-order valence-electron chi connectivity index (χ3n) is 6.09. The molecule has 1 aliphatic carbocycles. The second kappa shape index (κ2) is 10.5. The van der Waals surface area contributed by atoms with Crippen molar-refractivity contribution >= 4 is 12.1 Å². The van der Waals surface area contributed by atoms with Gasteiger partial charge in [-0.05, 0) is 39.8 Å². The average molecular weight is 462 g/mol. The van der Waals surface area contributed by atoms with E-state index in [4.69, 9.17) is 9.84 Å². The Morgan fingerprint density at radius 1 is 0.882 bits per heavy atom. The quantitative estimate of drug-likeness (QED) is 0.387. The smallest absolute Gasteiger partial charge is 0.407 e. The molecule has 7 nitrogen and oxygen atoms in total. The van der Waals surface area contributed by atoms with Gasteiger partial charge in [-0.1, -0.05) is 72.8 Å². The normalized spacial score (nSPS) is 14.1. The summed E-state index contributed by atoms with van der Waals surface area (Å²) < 4.78 is 5.47. The van der Waals surface area contributed by atoms with Gasteiger partial charge in [0.15, 0.2) is 0 Å². The van der Waals surface area contributed by atoms with Crippen LogP contribution in [0.1, 0.15) is 40.7 Å². The van der Waals surface area contributed by atoms with Crippen molar-refractivity contribution in [1.82, 2.24) is 5.32 Å². The lowest BCUT2D eigenvalue weighted by molar-refractivity contribution is -0.136. The predicted octanol–water partition coefficient (Wildman–Crippen LogP) is 3.64. The van der Waals surface area contributed by atoms with E-state index >= 15 is 0 Å². The lowest BCUT2D eigenvalue weighted by Gasteiger charge is -2.19. The molecular formula is C27H27NO6. The molecule has 1 amide bonds. The standard InChI is InChI=1S/C27H27NO6/c29-24(26(32)18-11-9-17(10-12-18)15-25(30)31)13-14-28-27(33)34-16-23-21-7-3-1-5-19(21)20-6-2-4-8-22(20)23/h1-12,23-24,26,29,32H,13-16H2,(H,28,33)(H,30,31). The molecule has 0 aromatic heterocycles. The van der Waals surface area contributed by atoms with Gasteiger partial charge in [0, 0.05) is 12.5 Å². The number of nitrogens with one attached hydrogen (secondary N) is 1. The van der Waals surface area contributed by atoms with Crippen LogP contribution in [-0.4, -0.2) is 46.6 Å². The molecular weight excluding hydrogens is 434 g/mol. The van der Waals surface area contributed by atoms with Crippen LogP contribution in [0.3, 0.4) is 0 Å². The van der Waals surface area contributed by atoms with Crippen LogP contribution in [0.15, 0.2) is 72.8 Å². The fraction of sp³-hybridized carbons (Fsp3) is 0.259. The summed E-state index contributed by atoms with van der Waals surface area (Å²) in [5.74, 6) is -0.970. The van der Waals surface area contributed by atoms with Gasteiger partial charge in [-0.3, -0.25) is 4.79 Å². The van der Waals surface area contributed by atoms with Crippen LogP contribution < -0.4 is 5.32 Å². The second-order valence-electron chi connectivity index (χ2n) is 8.37. The Balaban J connectivity index is 1.25. The van der Waals surface area contributed by atoms with Crippen LogP contribution in [0.5, 0.6) is 0 Å². The number of carbonyl (C=O) groups excluding carboxylic acids is 1. The maximum absolute atomic E-state index is 12.2. The molecule has 2 atom stereocenters. The number of hydrogen-bond donors (Lipinski definition) is 4. The summed E-state index contributed by atoms with van der Waals surface area (Å²) >= 11 is 0. The summed E-state index contributed by atoms with van der Waals surface area (Å²) in [7, 11) is 0. The molecule has 7 heteroatoms. The molecule has 0 fully saturated rings. The van der Waals surface area contributed by atoms with Gasteiger partial charge in [0.25, 0.3) is 0 Å². The number of hydrogen-bond acceptors (Lipinski definition) is 5. The van der Waals surface area contributed by atoms with Crippen molar-refractivity contribution in [2.24, 2.45) is 0 Å². The zero-order valence-corrected chi connectivity index (χ0v) is 18.6. The number of carbonyl (C=O) groups is 2. The lowest BCUT2D eigenvalue weighted by atomic mass is 9.98. The van der Waals surface area contributed by atoms with Gasteiger partial charge >= 0.3 is 12.1 Å². The van der Waals surface area contributed by atoms with Crippen molar-refractivity contribution in [2.75, 3.05) is 13.2 Å². The number of rotatable bonds is 9. The van der Waals surface area contributed by atoms with Crippen molar-refractivity contribution in [3.05, 3.63) is 95.1 Å². The van der Waals surface area contributed by atoms with E-state index in [1.807, 2.05) is 36.4 Å². The Hall–Kier alpha value is -3.68. The second-order valence-corrected chi connectivity index (χ2v) is 8.37. The molecule has 4 rings (SSSR count). The molecule has 0 spiro atoms. The van der Waals surface area contributed by atoms with Gasteiger partial charge < -0.3 is 25.4 Å². The first-order valence-electron chi connectivity index (χ1n) is 11.2. The number of aliphatic hydroxyl groups is 2. The van der Waals surface area contributed by atoms with E-state index < -0.39 is 24.3 Å². The van der Waals surface area contributed by atoms with Crippen molar-refractivity contribution < 1.29 is 29.6 Å². The van der Waals surface area contributed by atoms with Gasteiger partial charge in [0.2, 0.25) is 0 Å². The van der Waals surface area contributed by atoms with E-state index in [9.17, 15) is 19.8 Å². The van der Waals surface area contributed by atoms with Crippen molar-refractivity contribution in [3.8, 4) is 11.1 Å². The van der Waals surface area contributed by atoms with E-state index in [0.29, 0.717) is 11.1 Å². The van der Waals surface area contributed by atoms with E-state index in [1.165, 1.54) is 0 Å². The van der Waals surface area contributed by atoms with Gasteiger partial charge in [0.1, 0.15) is 12.7 Å². The molecule has 2 unspecified atom stereocenters. The number of alkyl carbamates (subject to hydrolysis) is 1. The summed E-state index contributed by atoms with van der Waals surface area (Å²) in [5, 5.41) is 32.1. The summed E-state index contributed by atoms with van der Waals surface area (Å²) in [6, 6.07) is 22.6. The van der Waals surface area contributed by atoms with E-state index in [-0.39, 0.29) is 31.9 Å². The van der Waals surface area contributed by atoms with Gasteiger partial charge in [-0.25, -0.2) is 4.79 Å². The molecule has 1 aliphatic rings. The molecule has 0 heterocycles. The third-order valence-corrected chi connectivity index (χ3v) is 6.09. The van der Waals surface area contributed by atoms with Gasteiger partial charge in [-0.2, -0.15) is 0 Å². The molecule has 3 aromatic carbocycles. The fourth-order valence-corrected chi connectivity index (χ4v) is 4.36. The van der Waals surface area contributed by atoms with E-state index in [0.717, 1.165) is 22.3 Å². The van der Waals surface area contributed by atoms with Crippen LogP contribution in [0, 0.1) is 0 Å². The molecule has 3 aromatic rings. The molecule has 0 aliphatic heterocycles. The first-order chi connectivity index (χ1) is 16.4. The zero-order chi connectivity index (χ0) is 24.1. The summed E-state index contributed by atoms with van der Waals surface area (Å²) in [4.78, 5) is 23.0. The number of fused-ring (bicyclic) bond motifs is 3. The molecule has 0 bridgehead atoms. The van der Waals surface area contributed by atoms with E-state index in [1.54, 1.807) is 24.3 Å². The number of benzene rings is 3. The van der Waals surface area contributed by atoms with Crippen LogP contribution in [0.25, 0.3) is 11.1 Å². The highest BCUT2D eigenvalue weighted by Gasteiger charge is 2.29. The minimum absolute atomic E-state index is 0.0327. The summed E-state index contributed by atoms with van der Waals surface area (Å²) in [5.41, 5.74) is 5.65. The maximum atomic E-state index is 12.2. The Morgan fingerprint density at radius 3 is 2.06 bits per heavy atom. The van der Waals surface area contributed by atoms with Crippen LogP contribution in [0.2, 0.25) is 0 Å². The van der Waals surface area contributed by atoms with Crippen LogP contribution in [-0.2, 0) is 16.0 Å². The van der Waals surface area contributed by atoms with Crippen LogP contribution in [0.4, 0.5) is 4.79 Å². The summed E-state index contributed by atoms with van der Waals surface area (Å²) in [6.07, 6.45) is -2.81. The third kappa shape index (κ3) is 5.27. The number of ether oxygens (including phenoxy) is 1. The number of aliphatic carboxylic acids is 1. The molecule has 4 N–H and O–H groups in total. The summed E-state index contributed by atoms with van der Waals surface area (Å²) in [6.45, 7) is 0.333. The van der Waals surface area contributed by atoms with Gasteiger partial charge in [0.05, 0.1) is 12.5 Å². The molecule has 0 saturated carbocycles. The monoisotopic (exact) mass is 461 g/mol. The number of aliphatic hydroxyl groups excluding tert-OH is 2. The topological polar surface area (TPSA) is 116 Å². The highest BCUT2D eigenvalue weighted by Crippen LogP contribution is 2.44. The number of amides is 1. The van der Waals surface area contributed by atoms with E-state index in [2.05, 4.69) is 17.4 Å². The van der Waals surface area contributed by atoms with Crippen LogP contribution >= 0.6 is 0 Å². The molecule has 176 valence electrons. The Labute approximate surface area is 197 Å². The fourth-order valence-electron chi connectivity index (χ4n) is 4.36. The van der Waals surface area contributed by atoms with Gasteiger partial charge in [-0.15, -0.1) is 0 Å². The Bertz CT molecular complexity index is 1110. The van der Waals surface area contributed by atoms with Crippen molar-refractivity contribution in [2.45, 2.75) is 31.0 Å². The number of carboxylic acid groups (broad SMARTS) is 1. The molecule has 0 saturated heterocycles. The SMILES string of the molecule is O=C(O)Cc1ccc(C(O)C(O)CCNC(=O)OCC2c3ccccc3-c3ccccc32)cc1. The van der Waals surface area contributed by atoms with Crippen molar-refractivity contribution in [1.29, 1.82) is 0 Å². The Kier molecular flexibility index (Phi) is 7.25. The first kappa shape index (κ1) is 23.5. The average Bonchev–Trinajstić information content (AvgIpc) is 3.16. The highest BCUT2D eigenvalue weighted by atomic mass is 16.5. The molecule has 34 heavy (non-hydrogen) atoms. The largest absolute Gasteiger partial charge is 0.481 e. The zero-order valence-electron chi connectivity index (χ0n) is 18.6. The predicted molar refractivity (Wildman–Crippen MR) is 126 cm³/mol. The maximum Gasteiger partial charge on any atom is 0.407 e. The highest BCUT2D eigenvalue weighted by molar-refractivity contribution is 5.79. The molecule has 0 radical (unpaired) electrons. The lowest BCUT2D eigenvalue weighted by Crippen LogP contribution is -2.30. The minimum atomic E-state index is -1.15. The van der Waals surface area contributed by atoms with Crippen molar-refractivity contribution in [3.63, 3.8) is 0 Å². The first-order valence-corrected chi connectivity index (χ1v) is 11.2.